The van der Waals surface area contributed by atoms with E-state index in [0.717, 1.165) is 0 Å². The van der Waals surface area contributed by atoms with Crippen molar-refractivity contribution in [2.75, 3.05) is 18.0 Å². The number of halogens is 1. The first kappa shape index (κ1) is 9.07. The Balaban J connectivity index is 2.32. The van der Waals surface area contributed by atoms with Gasteiger partial charge in [0.25, 0.3) is 0 Å². The van der Waals surface area contributed by atoms with Crippen LogP contribution in [-0.2, 0) is 0 Å². The Labute approximate surface area is 87.9 Å². The van der Waals surface area contributed by atoms with E-state index in [1.165, 1.54) is 41.7 Å². The Morgan fingerprint density at radius 2 is 1.92 bits per heavy atom. The van der Waals surface area contributed by atoms with Crippen molar-refractivity contribution in [2.45, 2.75) is 19.8 Å². The van der Waals surface area contributed by atoms with Gasteiger partial charge >= 0.3 is 0 Å². The molecule has 1 aliphatic heterocycles. The molecule has 0 amide bonds. The lowest BCUT2D eigenvalue weighted by Crippen LogP contribution is -2.18. The zero-order valence-electron chi connectivity index (χ0n) is 7.89. The van der Waals surface area contributed by atoms with Crippen LogP contribution in [-0.4, -0.2) is 13.1 Å². The van der Waals surface area contributed by atoms with Crippen molar-refractivity contribution in [1.29, 1.82) is 0 Å². The van der Waals surface area contributed by atoms with Gasteiger partial charge in [0, 0.05) is 17.6 Å². The standard InChI is InChI=1S/C11H14BrN/c1-9-4-5-10(12)11(8-9)13-6-2-3-7-13/h4-5,8H,2-3,6-7H2,1H3. The molecule has 2 rings (SSSR count). The van der Waals surface area contributed by atoms with Crippen molar-refractivity contribution in [3.63, 3.8) is 0 Å². The molecular weight excluding hydrogens is 226 g/mol. The second-order valence-electron chi connectivity index (χ2n) is 3.65. The summed E-state index contributed by atoms with van der Waals surface area (Å²) in [5.74, 6) is 0. The lowest BCUT2D eigenvalue weighted by atomic mass is 10.2. The van der Waals surface area contributed by atoms with Crippen LogP contribution >= 0.6 is 15.9 Å². The quantitative estimate of drug-likeness (QED) is 0.727. The molecule has 0 atom stereocenters. The molecule has 0 unspecified atom stereocenters. The van der Waals surface area contributed by atoms with E-state index in [1.807, 2.05) is 0 Å². The second kappa shape index (κ2) is 3.70. The molecule has 70 valence electrons. The minimum absolute atomic E-state index is 1.21. The lowest BCUT2D eigenvalue weighted by molar-refractivity contribution is 0.949. The average Bonchev–Trinajstić information content (AvgIpc) is 2.61. The summed E-state index contributed by atoms with van der Waals surface area (Å²) in [6.07, 6.45) is 2.67. The first-order valence-electron chi connectivity index (χ1n) is 4.78. The predicted molar refractivity (Wildman–Crippen MR) is 60.3 cm³/mol. The van der Waals surface area contributed by atoms with E-state index in [0.29, 0.717) is 0 Å². The van der Waals surface area contributed by atoms with Gasteiger partial charge in [-0.1, -0.05) is 6.07 Å². The largest absolute Gasteiger partial charge is 0.371 e. The van der Waals surface area contributed by atoms with Crippen LogP contribution in [0.3, 0.4) is 0 Å². The van der Waals surface area contributed by atoms with Gasteiger partial charge in [0.05, 0.1) is 5.69 Å². The predicted octanol–water partition coefficient (Wildman–Crippen LogP) is 3.36. The number of rotatable bonds is 1. The first-order chi connectivity index (χ1) is 6.27. The van der Waals surface area contributed by atoms with Gasteiger partial charge in [-0.3, -0.25) is 0 Å². The Morgan fingerprint density at radius 1 is 1.23 bits per heavy atom. The van der Waals surface area contributed by atoms with Crippen molar-refractivity contribution in [3.8, 4) is 0 Å². The molecule has 1 aromatic carbocycles. The van der Waals surface area contributed by atoms with Gasteiger partial charge < -0.3 is 4.90 Å². The molecule has 0 aliphatic carbocycles. The summed E-state index contributed by atoms with van der Waals surface area (Å²) in [4.78, 5) is 2.46. The highest BCUT2D eigenvalue weighted by Crippen LogP contribution is 2.29. The third kappa shape index (κ3) is 1.88. The monoisotopic (exact) mass is 239 g/mol. The van der Waals surface area contributed by atoms with Crippen molar-refractivity contribution in [1.82, 2.24) is 0 Å². The summed E-state index contributed by atoms with van der Waals surface area (Å²) < 4.78 is 1.22. The van der Waals surface area contributed by atoms with Crippen LogP contribution < -0.4 is 4.90 Å². The van der Waals surface area contributed by atoms with Crippen LogP contribution in [0.15, 0.2) is 22.7 Å². The van der Waals surface area contributed by atoms with E-state index < -0.39 is 0 Å². The van der Waals surface area contributed by atoms with Gasteiger partial charge in [-0.15, -0.1) is 0 Å². The Morgan fingerprint density at radius 3 is 2.62 bits per heavy atom. The van der Waals surface area contributed by atoms with Crippen LogP contribution in [0.4, 0.5) is 5.69 Å². The molecule has 1 fully saturated rings. The molecule has 1 aliphatic rings. The SMILES string of the molecule is Cc1ccc(Br)c(N2CCCC2)c1. The van der Waals surface area contributed by atoms with Gasteiger partial charge in [-0.25, -0.2) is 0 Å². The van der Waals surface area contributed by atoms with Crippen LogP contribution in [0.25, 0.3) is 0 Å². The zero-order chi connectivity index (χ0) is 9.26. The van der Waals surface area contributed by atoms with Gasteiger partial charge in [0.2, 0.25) is 0 Å². The Bertz CT molecular complexity index is 303. The summed E-state index contributed by atoms with van der Waals surface area (Å²) in [5.41, 5.74) is 2.70. The van der Waals surface area contributed by atoms with E-state index in [-0.39, 0.29) is 0 Å². The third-order valence-corrected chi connectivity index (χ3v) is 3.22. The molecule has 0 bridgehead atoms. The molecule has 1 nitrogen and oxygen atoms in total. The molecule has 1 aromatic rings. The van der Waals surface area contributed by atoms with Gasteiger partial charge in [0.15, 0.2) is 0 Å². The first-order valence-corrected chi connectivity index (χ1v) is 5.58. The average molecular weight is 240 g/mol. The maximum atomic E-state index is 3.60. The molecule has 0 aromatic heterocycles. The molecule has 0 radical (unpaired) electrons. The number of benzene rings is 1. The summed E-state index contributed by atoms with van der Waals surface area (Å²) in [5, 5.41) is 0. The molecule has 0 N–H and O–H groups in total. The summed E-state index contributed by atoms with van der Waals surface area (Å²) >= 11 is 3.60. The molecule has 13 heavy (non-hydrogen) atoms. The highest BCUT2D eigenvalue weighted by atomic mass is 79.9. The smallest absolute Gasteiger partial charge is 0.0513 e. The highest BCUT2D eigenvalue weighted by Gasteiger charge is 2.14. The topological polar surface area (TPSA) is 3.24 Å². The molecule has 0 saturated carbocycles. The molecule has 1 saturated heterocycles. The van der Waals surface area contributed by atoms with E-state index in [2.05, 4.69) is 46.0 Å². The minimum Gasteiger partial charge on any atom is -0.371 e. The number of nitrogens with zero attached hydrogens (tertiary/aromatic N) is 1. The van der Waals surface area contributed by atoms with Crippen molar-refractivity contribution >= 4 is 21.6 Å². The van der Waals surface area contributed by atoms with Crippen LogP contribution in [0.2, 0.25) is 0 Å². The molecule has 0 spiro atoms. The Hall–Kier alpha value is -0.500. The van der Waals surface area contributed by atoms with E-state index >= 15 is 0 Å². The minimum atomic E-state index is 1.21. The molecule has 2 heteroatoms. The highest BCUT2D eigenvalue weighted by molar-refractivity contribution is 9.10. The summed E-state index contributed by atoms with van der Waals surface area (Å²) in [6, 6.07) is 6.54. The molecule has 1 heterocycles. The van der Waals surface area contributed by atoms with Gasteiger partial charge in [-0.05, 0) is 53.4 Å². The normalized spacial score (nSPS) is 16.6. The third-order valence-electron chi connectivity index (χ3n) is 2.55. The lowest BCUT2D eigenvalue weighted by Gasteiger charge is -2.19. The zero-order valence-corrected chi connectivity index (χ0v) is 9.47. The van der Waals surface area contributed by atoms with E-state index in [9.17, 15) is 0 Å². The van der Waals surface area contributed by atoms with E-state index in [4.69, 9.17) is 0 Å². The van der Waals surface area contributed by atoms with Crippen LogP contribution in [0.1, 0.15) is 18.4 Å². The second-order valence-corrected chi connectivity index (χ2v) is 4.50. The number of aryl methyl sites for hydroxylation is 1. The maximum Gasteiger partial charge on any atom is 0.0513 e. The summed E-state index contributed by atoms with van der Waals surface area (Å²) in [6.45, 7) is 4.57. The fraction of sp³-hybridized carbons (Fsp3) is 0.455. The fourth-order valence-electron chi connectivity index (χ4n) is 1.82. The number of hydrogen-bond donors (Lipinski definition) is 0. The number of anilines is 1. The maximum absolute atomic E-state index is 3.60. The van der Waals surface area contributed by atoms with Crippen LogP contribution in [0.5, 0.6) is 0 Å². The number of hydrogen-bond acceptors (Lipinski definition) is 1. The van der Waals surface area contributed by atoms with Crippen molar-refractivity contribution < 1.29 is 0 Å². The summed E-state index contributed by atoms with van der Waals surface area (Å²) in [7, 11) is 0. The van der Waals surface area contributed by atoms with Crippen molar-refractivity contribution in [2.24, 2.45) is 0 Å². The Kier molecular flexibility index (Phi) is 2.58. The van der Waals surface area contributed by atoms with E-state index in [1.54, 1.807) is 0 Å². The molecular formula is C11H14BrN. The van der Waals surface area contributed by atoms with Gasteiger partial charge in [0.1, 0.15) is 0 Å². The van der Waals surface area contributed by atoms with Crippen molar-refractivity contribution in [3.05, 3.63) is 28.2 Å². The van der Waals surface area contributed by atoms with Crippen LogP contribution in [0, 0.1) is 6.92 Å². The fourth-order valence-corrected chi connectivity index (χ4v) is 2.32. The van der Waals surface area contributed by atoms with Gasteiger partial charge in [-0.2, -0.15) is 0 Å².